The van der Waals surface area contributed by atoms with Crippen LogP contribution in [-0.2, 0) is 27.2 Å². The number of amides is 1. The minimum absolute atomic E-state index is 0.190. The molecule has 0 saturated heterocycles. The molecule has 1 amide bonds. The van der Waals surface area contributed by atoms with Crippen LogP contribution < -0.4 is 10.6 Å². The molecule has 0 aliphatic carbocycles. The molecule has 2 heterocycles. The van der Waals surface area contributed by atoms with Gasteiger partial charge < -0.3 is 25.4 Å². The van der Waals surface area contributed by atoms with Crippen molar-refractivity contribution in [3.05, 3.63) is 23.4 Å². The first-order valence-corrected chi connectivity index (χ1v) is 12.9. The Hall–Kier alpha value is -2.19. The molecule has 35 heavy (non-hydrogen) atoms. The van der Waals surface area contributed by atoms with Gasteiger partial charge in [0, 0.05) is 38.9 Å². The van der Waals surface area contributed by atoms with E-state index in [9.17, 15) is 14.7 Å². The van der Waals surface area contributed by atoms with Crippen molar-refractivity contribution >= 4 is 17.7 Å². The number of fused-ring (bicyclic) bond motifs is 1. The van der Waals surface area contributed by atoms with E-state index in [1.165, 1.54) is 5.56 Å². The second-order valence-electron chi connectivity index (χ2n) is 11.5. The van der Waals surface area contributed by atoms with Crippen LogP contribution in [0.4, 0.5) is 5.82 Å². The van der Waals surface area contributed by atoms with Crippen LogP contribution in [0.25, 0.3) is 0 Å². The third kappa shape index (κ3) is 10.9. The predicted molar refractivity (Wildman–Crippen MR) is 140 cm³/mol. The van der Waals surface area contributed by atoms with Gasteiger partial charge in [-0.15, -0.1) is 0 Å². The lowest BCUT2D eigenvalue weighted by atomic mass is 9.92. The number of aromatic nitrogens is 1. The average molecular weight is 491 g/mol. The summed E-state index contributed by atoms with van der Waals surface area (Å²) in [6.45, 7) is 13.0. The van der Waals surface area contributed by atoms with Gasteiger partial charge in [0.2, 0.25) is 5.91 Å². The first-order chi connectivity index (χ1) is 16.4. The van der Waals surface area contributed by atoms with E-state index in [1.54, 1.807) is 7.11 Å². The van der Waals surface area contributed by atoms with Crippen LogP contribution in [0.2, 0.25) is 0 Å². The molecule has 3 N–H and O–H groups in total. The molecule has 1 aliphatic heterocycles. The summed E-state index contributed by atoms with van der Waals surface area (Å²) in [7, 11) is 1.70. The lowest BCUT2D eigenvalue weighted by Gasteiger charge is -2.32. The van der Waals surface area contributed by atoms with Gasteiger partial charge in [0.15, 0.2) is 0 Å². The quantitative estimate of drug-likeness (QED) is 0.340. The Bertz CT molecular complexity index is 835. The summed E-state index contributed by atoms with van der Waals surface area (Å²) in [6, 6.07) is 3.43. The third-order valence-corrected chi connectivity index (χ3v) is 6.32. The minimum atomic E-state index is -0.995. The number of nitrogens with zero attached hydrogens (tertiary/aromatic N) is 2. The largest absolute Gasteiger partial charge is 0.480 e. The molecule has 0 fully saturated rings. The van der Waals surface area contributed by atoms with Crippen molar-refractivity contribution in [1.29, 1.82) is 0 Å². The Morgan fingerprint density at radius 2 is 1.94 bits per heavy atom. The van der Waals surface area contributed by atoms with E-state index in [1.807, 2.05) is 34.6 Å². The highest BCUT2D eigenvalue weighted by Crippen LogP contribution is 2.21. The smallest absolute Gasteiger partial charge is 0.326 e. The maximum absolute atomic E-state index is 12.3. The van der Waals surface area contributed by atoms with Gasteiger partial charge >= 0.3 is 5.97 Å². The fraction of sp³-hybridized carbons (Fsp3) is 0.741. The Balaban J connectivity index is 1.89. The fourth-order valence-electron chi connectivity index (χ4n) is 4.32. The molecule has 0 spiro atoms. The second-order valence-corrected chi connectivity index (χ2v) is 11.5. The maximum atomic E-state index is 12.3. The third-order valence-electron chi connectivity index (χ3n) is 6.32. The topological polar surface area (TPSA) is 104 Å². The van der Waals surface area contributed by atoms with Crippen LogP contribution in [0.3, 0.4) is 0 Å². The molecule has 0 saturated carbocycles. The SMILES string of the molecule is COC(C)(C)CN(CCCCc1ccc2c(n1)NCCC2)CCC(NC(=O)CC(C)(C)C)C(=O)O. The number of unbranched alkanes of at least 4 members (excludes halogenated alkanes) is 1. The van der Waals surface area contributed by atoms with Crippen LogP contribution in [-0.4, -0.2) is 71.8 Å². The van der Waals surface area contributed by atoms with Crippen molar-refractivity contribution in [3.63, 3.8) is 0 Å². The lowest BCUT2D eigenvalue weighted by molar-refractivity contribution is -0.142. The molecule has 1 atom stereocenters. The molecule has 0 radical (unpaired) electrons. The van der Waals surface area contributed by atoms with Crippen LogP contribution in [0.1, 0.15) is 78.0 Å². The van der Waals surface area contributed by atoms with Gasteiger partial charge in [0.1, 0.15) is 11.9 Å². The predicted octanol–water partition coefficient (Wildman–Crippen LogP) is 3.89. The van der Waals surface area contributed by atoms with Gasteiger partial charge in [0.05, 0.1) is 5.60 Å². The number of methoxy groups -OCH3 is 1. The number of anilines is 1. The minimum Gasteiger partial charge on any atom is -0.480 e. The molecular formula is C27H46N4O4. The number of aryl methyl sites for hydroxylation is 2. The van der Waals surface area contributed by atoms with Gasteiger partial charge in [0.25, 0.3) is 0 Å². The Morgan fingerprint density at radius 1 is 1.20 bits per heavy atom. The summed E-state index contributed by atoms with van der Waals surface area (Å²) in [5.41, 5.74) is 1.87. The first kappa shape index (κ1) is 29.0. The number of aliphatic carboxylic acids is 1. The van der Waals surface area contributed by atoms with Crippen LogP contribution in [0.15, 0.2) is 12.1 Å². The molecule has 2 rings (SSSR count). The van der Waals surface area contributed by atoms with E-state index in [0.717, 1.165) is 56.7 Å². The number of carboxylic acids is 1. The highest BCUT2D eigenvalue weighted by Gasteiger charge is 2.26. The highest BCUT2D eigenvalue weighted by molar-refractivity contribution is 5.83. The molecule has 1 aliphatic rings. The number of carbonyl (C=O) groups excluding carboxylic acids is 1. The van der Waals surface area contributed by atoms with Crippen LogP contribution in [0.5, 0.6) is 0 Å². The van der Waals surface area contributed by atoms with Gasteiger partial charge in [-0.25, -0.2) is 9.78 Å². The Kier molecular flexibility index (Phi) is 11.0. The first-order valence-electron chi connectivity index (χ1n) is 12.9. The molecule has 1 unspecified atom stereocenters. The van der Waals surface area contributed by atoms with Crippen molar-refractivity contribution in [1.82, 2.24) is 15.2 Å². The number of hydrogen-bond donors (Lipinski definition) is 3. The van der Waals surface area contributed by atoms with E-state index in [4.69, 9.17) is 9.72 Å². The summed E-state index contributed by atoms with van der Waals surface area (Å²) in [5, 5.41) is 15.8. The van der Waals surface area contributed by atoms with E-state index in [-0.39, 0.29) is 16.9 Å². The molecule has 1 aromatic heterocycles. The zero-order valence-corrected chi connectivity index (χ0v) is 22.6. The monoisotopic (exact) mass is 490 g/mol. The summed E-state index contributed by atoms with van der Waals surface area (Å²) in [5.74, 6) is -0.184. The summed E-state index contributed by atoms with van der Waals surface area (Å²) in [6.07, 6.45) is 5.78. The van der Waals surface area contributed by atoms with E-state index in [2.05, 4.69) is 27.7 Å². The summed E-state index contributed by atoms with van der Waals surface area (Å²) < 4.78 is 5.63. The van der Waals surface area contributed by atoms with Gasteiger partial charge in [-0.05, 0) is 76.0 Å². The Labute approximate surface area is 211 Å². The fourth-order valence-corrected chi connectivity index (χ4v) is 4.32. The van der Waals surface area contributed by atoms with Crippen molar-refractivity contribution in [2.75, 3.05) is 38.6 Å². The number of ether oxygens (including phenoxy) is 1. The molecule has 1 aromatic rings. The van der Waals surface area contributed by atoms with E-state index in [0.29, 0.717) is 25.9 Å². The zero-order valence-electron chi connectivity index (χ0n) is 22.6. The van der Waals surface area contributed by atoms with Crippen molar-refractivity contribution in [2.45, 2.75) is 91.2 Å². The van der Waals surface area contributed by atoms with Crippen molar-refractivity contribution < 1.29 is 19.4 Å². The van der Waals surface area contributed by atoms with Crippen LogP contribution >= 0.6 is 0 Å². The second kappa shape index (κ2) is 13.2. The molecule has 8 heteroatoms. The molecular weight excluding hydrogens is 444 g/mol. The summed E-state index contributed by atoms with van der Waals surface area (Å²) >= 11 is 0. The number of nitrogens with one attached hydrogen (secondary N) is 2. The van der Waals surface area contributed by atoms with E-state index >= 15 is 0 Å². The summed E-state index contributed by atoms with van der Waals surface area (Å²) in [4.78, 5) is 31.1. The van der Waals surface area contributed by atoms with Gasteiger partial charge in [-0.3, -0.25) is 4.79 Å². The van der Waals surface area contributed by atoms with Gasteiger partial charge in [-0.1, -0.05) is 26.8 Å². The average Bonchev–Trinajstić information content (AvgIpc) is 2.77. The lowest BCUT2D eigenvalue weighted by Crippen LogP contribution is -2.46. The normalized spacial score (nSPS) is 14.8. The van der Waals surface area contributed by atoms with Crippen LogP contribution in [0, 0.1) is 5.41 Å². The molecule has 198 valence electrons. The number of carboxylic acid groups (broad SMARTS) is 1. The van der Waals surface area contributed by atoms with Gasteiger partial charge in [-0.2, -0.15) is 0 Å². The molecule has 8 nitrogen and oxygen atoms in total. The zero-order chi connectivity index (χ0) is 26.1. The molecule has 0 aromatic carbocycles. The maximum Gasteiger partial charge on any atom is 0.326 e. The number of carbonyl (C=O) groups is 2. The molecule has 0 bridgehead atoms. The van der Waals surface area contributed by atoms with Crippen molar-refractivity contribution in [2.24, 2.45) is 5.41 Å². The number of rotatable bonds is 14. The number of pyridine rings is 1. The highest BCUT2D eigenvalue weighted by atomic mass is 16.5. The Morgan fingerprint density at radius 3 is 2.60 bits per heavy atom. The van der Waals surface area contributed by atoms with E-state index < -0.39 is 12.0 Å². The van der Waals surface area contributed by atoms with Crippen molar-refractivity contribution in [3.8, 4) is 0 Å². The standard InChI is InChI=1S/C27H46N4O4/c1-26(2,3)18-23(32)30-22(25(33)34)14-17-31(19-27(4,5)35-6)16-8-7-11-21-13-12-20-10-9-15-28-24(20)29-21/h12-13,22H,7-11,14-19H2,1-6H3,(H,28,29)(H,30,32)(H,33,34). The number of hydrogen-bond acceptors (Lipinski definition) is 6.